The molecule has 0 aromatic carbocycles. The van der Waals surface area contributed by atoms with Crippen LogP contribution >= 0.6 is 11.6 Å². The molecule has 2 aliphatic rings. The number of ether oxygens (including phenoxy) is 1. The molecule has 1 heterocycles. The van der Waals surface area contributed by atoms with Crippen molar-refractivity contribution in [1.29, 1.82) is 0 Å². The highest BCUT2D eigenvalue weighted by Crippen LogP contribution is 2.37. The van der Waals surface area contributed by atoms with Crippen LogP contribution in [0.5, 0.6) is 0 Å². The first-order valence-corrected chi connectivity index (χ1v) is 5.70. The fraction of sp³-hybridized carbons (Fsp3) is 0.900. The van der Waals surface area contributed by atoms with E-state index in [9.17, 15) is 4.79 Å². The molecule has 1 N–H and O–H groups in total. The monoisotopic (exact) mass is 217 g/mol. The van der Waals surface area contributed by atoms with Crippen molar-refractivity contribution in [1.82, 2.24) is 5.32 Å². The first-order valence-electron chi connectivity index (χ1n) is 5.16. The number of carbonyl (C=O) groups is 1. The molecule has 80 valence electrons. The Morgan fingerprint density at radius 2 is 2.36 bits per heavy atom. The third-order valence-corrected chi connectivity index (χ3v) is 3.66. The molecular formula is C10H16ClNO2. The van der Waals surface area contributed by atoms with Crippen LogP contribution in [0.15, 0.2) is 0 Å². The van der Waals surface area contributed by atoms with Crippen LogP contribution in [0.3, 0.4) is 0 Å². The van der Waals surface area contributed by atoms with Crippen LogP contribution in [0.1, 0.15) is 26.2 Å². The van der Waals surface area contributed by atoms with Crippen molar-refractivity contribution in [3.63, 3.8) is 0 Å². The third kappa shape index (κ3) is 1.89. The lowest BCUT2D eigenvalue weighted by molar-refractivity contribution is -0.132. The number of alkyl halides is 1. The number of hydrogen-bond acceptors (Lipinski definition) is 2. The molecule has 1 aliphatic carbocycles. The van der Waals surface area contributed by atoms with Crippen molar-refractivity contribution >= 4 is 17.5 Å². The summed E-state index contributed by atoms with van der Waals surface area (Å²) < 4.78 is 5.39. The molecule has 14 heavy (non-hydrogen) atoms. The lowest BCUT2D eigenvalue weighted by Crippen LogP contribution is -2.45. The zero-order chi connectivity index (χ0) is 10.2. The molecule has 1 saturated carbocycles. The van der Waals surface area contributed by atoms with Gasteiger partial charge in [0.15, 0.2) is 0 Å². The second kappa shape index (κ2) is 3.70. The number of hydrogen-bond donors (Lipinski definition) is 1. The SMILES string of the molecule is CC1CCOC1C(=O)NC1(CCl)CC1. The quantitative estimate of drug-likeness (QED) is 0.724. The molecular weight excluding hydrogens is 202 g/mol. The highest BCUT2D eigenvalue weighted by atomic mass is 35.5. The molecule has 2 rings (SSSR count). The molecule has 0 aromatic heterocycles. The van der Waals surface area contributed by atoms with E-state index in [0.717, 1.165) is 19.3 Å². The summed E-state index contributed by atoms with van der Waals surface area (Å²) in [7, 11) is 0. The summed E-state index contributed by atoms with van der Waals surface area (Å²) in [6.07, 6.45) is 2.73. The lowest BCUT2D eigenvalue weighted by atomic mass is 10.0. The van der Waals surface area contributed by atoms with Gasteiger partial charge in [-0.15, -0.1) is 11.6 Å². The van der Waals surface area contributed by atoms with Gasteiger partial charge in [0.25, 0.3) is 0 Å². The van der Waals surface area contributed by atoms with Crippen LogP contribution in [0, 0.1) is 5.92 Å². The Hall–Kier alpha value is -0.280. The van der Waals surface area contributed by atoms with Crippen LogP contribution < -0.4 is 5.32 Å². The largest absolute Gasteiger partial charge is 0.368 e. The molecule has 2 atom stereocenters. The minimum atomic E-state index is -0.254. The van der Waals surface area contributed by atoms with Gasteiger partial charge in [-0.3, -0.25) is 4.79 Å². The van der Waals surface area contributed by atoms with Crippen molar-refractivity contribution < 1.29 is 9.53 Å². The summed E-state index contributed by atoms with van der Waals surface area (Å²) in [6, 6.07) is 0. The van der Waals surface area contributed by atoms with E-state index in [0.29, 0.717) is 18.4 Å². The first-order chi connectivity index (χ1) is 6.67. The summed E-state index contributed by atoms with van der Waals surface area (Å²) in [6.45, 7) is 2.75. The van der Waals surface area contributed by atoms with Gasteiger partial charge in [0, 0.05) is 12.5 Å². The average Bonchev–Trinajstić information content (AvgIpc) is 2.80. The van der Waals surface area contributed by atoms with Gasteiger partial charge >= 0.3 is 0 Å². The van der Waals surface area contributed by atoms with Crippen molar-refractivity contribution in [2.24, 2.45) is 5.92 Å². The topological polar surface area (TPSA) is 38.3 Å². The van der Waals surface area contributed by atoms with E-state index in [-0.39, 0.29) is 17.6 Å². The van der Waals surface area contributed by atoms with E-state index >= 15 is 0 Å². The van der Waals surface area contributed by atoms with Gasteiger partial charge in [-0.2, -0.15) is 0 Å². The Bertz CT molecular complexity index is 240. The van der Waals surface area contributed by atoms with Gasteiger partial charge in [-0.25, -0.2) is 0 Å². The maximum absolute atomic E-state index is 11.8. The van der Waals surface area contributed by atoms with Crippen molar-refractivity contribution in [2.45, 2.75) is 37.8 Å². The number of nitrogens with one attached hydrogen (secondary N) is 1. The van der Waals surface area contributed by atoms with E-state index in [2.05, 4.69) is 12.2 Å². The van der Waals surface area contributed by atoms with E-state index in [1.165, 1.54) is 0 Å². The molecule has 2 fully saturated rings. The molecule has 0 bridgehead atoms. The predicted molar refractivity (Wildman–Crippen MR) is 54.3 cm³/mol. The van der Waals surface area contributed by atoms with Crippen molar-refractivity contribution in [2.75, 3.05) is 12.5 Å². The van der Waals surface area contributed by atoms with Crippen molar-refractivity contribution in [3.8, 4) is 0 Å². The number of rotatable bonds is 3. The third-order valence-electron chi connectivity index (χ3n) is 3.14. The standard InChI is InChI=1S/C10H16ClNO2/c1-7-2-5-14-8(7)9(13)12-10(6-11)3-4-10/h7-8H,2-6H2,1H3,(H,12,13). The minimum Gasteiger partial charge on any atom is -0.368 e. The van der Waals surface area contributed by atoms with Gasteiger partial charge in [-0.05, 0) is 25.2 Å². The summed E-state index contributed by atoms with van der Waals surface area (Å²) in [5, 5.41) is 2.99. The van der Waals surface area contributed by atoms with Gasteiger partial charge in [0.05, 0.1) is 5.54 Å². The zero-order valence-electron chi connectivity index (χ0n) is 8.38. The molecule has 1 amide bonds. The summed E-state index contributed by atoms with van der Waals surface area (Å²) in [5.41, 5.74) is -0.107. The maximum Gasteiger partial charge on any atom is 0.249 e. The zero-order valence-corrected chi connectivity index (χ0v) is 9.14. The first kappa shape index (κ1) is 10.2. The van der Waals surface area contributed by atoms with E-state index in [4.69, 9.17) is 16.3 Å². The molecule has 2 unspecified atom stereocenters. The molecule has 0 radical (unpaired) electrons. The van der Waals surface area contributed by atoms with Gasteiger partial charge < -0.3 is 10.1 Å². The fourth-order valence-corrected chi connectivity index (χ4v) is 2.14. The molecule has 3 nitrogen and oxygen atoms in total. The van der Waals surface area contributed by atoms with E-state index in [1.807, 2.05) is 0 Å². The minimum absolute atomic E-state index is 0.0214. The lowest BCUT2D eigenvalue weighted by Gasteiger charge is -2.19. The van der Waals surface area contributed by atoms with Crippen LogP contribution in [0.2, 0.25) is 0 Å². The molecule has 0 spiro atoms. The van der Waals surface area contributed by atoms with Crippen LogP contribution in [-0.4, -0.2) is 30.0 Å². The molecule has 1 aliphatic heterocycles. The summed E-state index contributed by atoms with van der Waals surface area (Å²) in [4.78, 5) is 11.8. The maximum atomic E-state index is 11.8. The molecule has 0 aromatic rings. The average molecular weight is 218 g/mol. The van der Waals surface area contributed by atoms with Gasteiger partial charge in [-0.1, -0.05) is 6.92 Å². The Morgan fingerprint density at radius 1 is 1.64 bits per heavy atom. The second-order valence-electron chi connectivity index (χ2n) is 4.46. The van der Waals surface area contributed by atoms with Crippen molar-refractivity contribution in [3.05, 3.63) is 0 Å². The number of amides is 1. The fourth-order valence-electron chi connectivity index (χ4n) is 1.81. The summed E-state index contributed by atoms with van der Waals surface area (Å²) >= 11 is 5.79. The van der Waals surface area contributed by atoms with Gasteiger partial charge in [0.1, 0.15) is 6.10 Å². The number of carbonyl (C=O) groups excluding carboxylic acids is 1. The second-order valence-corrected chi connectivity index (χ2v) is 4.73. The number of halogens is 1. The predicted octanol–water partition coefficient (Wildman–Crippen LogP) is 1.30. The van der Waals surface area contributed by atoms with Crippen LogP contribution in [0.4, 0.5) is 0 Å². The van der Waals surface area contributed by atoms with Crippen LogP contribution in [-0.2, 0) is 9.53 Å². The van der Waals surface area contributed by atoms with Crippen LogP contribution in [0.25, 0.3) is 0 Å². The van der Waals surface area contributed by atoms with E-state index < -0.39 is 0 Å². The highest BCUT2D eigenvalue weighted by molar-refractivity contribution is 6.19. The molecule has 4 heteroatoms. The Balaban J connectivity index is 1.89. The Kier molecular flexibility index (Phi) is 2.71. The molecule has 1 saturated heterocycles. The van der Waals surface area contributed by atoms with E-state index in [1.54, 1.807) is 0 Å². The Labute approximate surface area is 89.1 Å². The normalized spacial score (nSPS) is 34.1. The highest BCUT2D eigenvalue weighted by Gasteiger charge is 2.45. The Morgan fingerprint density at radius 3 is 2.79 bits per heavy atom. The smallest absolute Gasteiger partial charge is 0.249 e. The van der Waals surface area contributed by atoms with Gasteiger partial charge in [0.2, 0.25) is 5.91 Å². The summed E-state index contributed by atoms with van der Waals surface area (Å²) in [5.74, 6) is 0.870.